The fourth-order valence-corrected chi connectivity index (χ4v) is 2.83. The molecular weight excluding hydrogens is 247 g/mol. The molecule has 0 spiro atoms. The highest BCUT2D eigenvalue weighted by molar-refractivity contribution is 6.43. The zero-order chi connectivity index (χ0) is 11.9. The molecule has 0 aliphatic heterocycles. The molecular formula is C12H14Cl2O2. The molecule has 1 fully saturated rings. The Bertz CT molecular complexity index is 416. The predicted octanol–water partition coefficient (Wildman–Crippen LogP) is 3.27. The summed E-state index contributed by atoms with van der Waals surface area (Å²) in [6, 6.07) is 3.69. The number of hydrogen-bond acceptors (Lipinski definition) is 2. The molecule has 0 bridgehead atoms. The van der Waals surface area contributed by atoms with Gasteiger partial charge in [-0.05, 0) is 24.0 Å². The van der Waals surface area contributed by atoms with Crippen molar-refractivity contribution in [2.45, 2.75) is 18.8 Å². The van der Waals surface area contributed by atoms with Gasteiger partial charge in [0.2, 0.25) is 0 Å². The zero-order valence-corrected chi connectivity index (χ0v) is 10.8. The quantitative estimate of drug-likeness (QED) is 0.904. The Labute approximate surface area is 105 Å². The van der Waals surface area contributed by atoms with E-state index in [0.717, 1.165) is 12.0 Å². The van der Waals surface area contributed by atoms with Crippen molar-refractivity contribution in [3.05, 3.63) is 27.7 Å². The van der Waals surface area contributed by atoms with Gasteiger partial charge in [-0.3, -0.25) is 0 Å². The van der Waals surface area contributed by atoms with Crippen LogP contribution in [0, 0.1) is 5.92 Å². The monoisotopic (exact) mass is 260 g/mol. The lowest BCUT2D eigenvalue weighted by molar-refractivity contribution is 0.247. The fraction of sp³-hybridized carbons (Fsp3) is 0.500. The minimum Gasteiger partial charge on any atom is -0.495 e. The van der Waals surface area contributed by atoms with Crippen LogP contribution in [0.25, 0.3) is 0 Å². The minimum absolute atomic E-state index is 0.108. The van der Waals surface area contributed by atoms with E-state index in [0.29, 0.717) is 21.7 Å². The fourth-order valence-electron chi connectivity index (χ4n) is 2.24. The number of aliphatic hydroxyl groups is 1. The van der Waals surface area contributed by atoms with Crippen LogP contribution in [0.5, 0.6) is 5.75 Å². The molecule has 88 valence electrons. The van der Waals surface area contributed by atoms with Gasteiger partial charge in [0.15, 0.2) is 0 Å². The standard InChI is InChI=1S/C12H14Cl2O2/c1-7-5-12(7,6-15)8-3-4-9(16-2)11(14)10(8)13/h3-4,7,15H,5-6H2,1-2H3. The maximum Gasteiger partial charge on any atom is 0.138 e. The molecule has 2 rings (SSSR count). The molecule has 2 atom stereocenters. The van der Waals surface area contributed by atoms with E-state index in [1.165, 1.54) is 0 Å². The van der Waals surface area contributed by atoms with Crippen molar-refractivity contribution >= 4 is 23.2 Å². The summed E-state index contributed by atoms with van der Waals surface area (Å²) in [6.07, 6.45) is 0.950. The number of methoxy groups -OCH3 is 1. The summed E-state index contributed by atoms with van der Waals surface area (Å²) >= 11 is 12.3. The van der Waals surface area contributed by atoms with E-state index in [1.807, 2.05) is 6.07 Å². The number of ether oxygens (including phenoxy) is 1. The maximum absolute atomic E-state index is 9.49. The Morgan fingerprint density at radius 2 is 2.06 bits per heavy atom. The van der Waals surface area contributed by atoms with Gasteiger partial charge < -0.3 is 9.84 Å². The minimum atomic E-state index is -0.201. The summed E-state index contributed by atoms with van der Waals surface area (Å²) < 4.78 is 5.10. The molecule has 0 aromatic heterocycles. The van der Waals surface area contributed by atoms with Crippen LogP contribution in [-0.2, 0) is 5.41 Å². The van der Waals surface area contributed by atoms with Gasteiger partial charge >= 0.3 is 0 Å². The molecule has 1 N–H and O–H groups in total. The second-order valence-corrected chi connectivity index (χ2v) is 5.12. The third-order valence-electron chi connectivity index (χ3n) is 3.54. The highest BCUT2D eigenvalue weighted by Gasteiger charge is 2.53. The van der Waals surface area contributed by atoms with Crippen LogP contribution in [0.1, 0.15) is 18.9 Å². The second kappa shape index (κ2) is 4.10. The van der Waals surface area contributed by atoms with Gasteiger partial charge in [-0.1, -0.05) is 36.2 Å². The predicted molar refractivity (Wildman–Crippen MR) is 65.6 cm³/mol. The maximum atomic E-state index is 9.49. The normalized spacial score (nSPS) is 27.9. The molecule has 0 amide bonds. The molecule has 1 aromatic rings. The summed E-state index contributed by atoms with van der Waals surface area (Å²) in [6.45, 7) is 2.21. The van der Waals surface area contributed by atoms with E-state index in [-0.39, 0.29) is 12.0 Å². The van der Waals surface area contributed by atoms with Crippen LogP contribution in [0.15, 0.2) is 12.1 Å². The van der Waals surface area contributed by atoms with Crippen molar-refractivity contribution in [3.8, 4) is 5.75 Å². The molecule has 4 heteroatoms. The molecule has 2 nitrogen and oxygen atoms in total. The first kappa shape index (κ1) is 12.0. The van der Waals surface area contributed by atoms with Crippen molar-refractivity contribution in [2.24, 2.45) is 5.92 Å². The van der Waals surface area contributed by atoms with E-state index < -0.39 is 0 Å². The third-order valence-corrected chi connectivity index (χ3v) is 4.40. The Kier molecular flexibility index (Phi) is 3.08. The highest BCUT2D eigenvalue weighted by atomic mass is 35.5. The average Bonchev–Trinajstić information content (AvgIpc) is 2.94. The molecule has 1 saturated carbocycles. The summed E-state index contributed by atoms with van der Waals surface area (Å²) in [5.74, 6) is 1.01. The van der Waals surface area contributed by atoms with Gasteiger partial charge in [0, 0.05) is 5.41 Å². The molecule has 0 saturated heterocycles. The first-order valence-corrected chi connectivity index (χ1v) is 5.95. The lowest BCUT2D eigenvalue weighted by Crippen LogP contribution is -2.15. The van der Waals surface area contributed by atoms with Crippen LogP contribution in [-0.4, -0.2) is 18.8 Å². The zero-order valence-electron chi connectivity index (χ0n) is 9.26. The van der Waals surface area contributed by atoms with E-state index in [4.69, 9.17) is 27.9 Å². The highest BCUT2D eigenvalue weighted by Crippen LogP contribution is 2.56. The van der Waals surface area contributed by atoms with Gasteiger partial charge in [0.05, 0.1) is 18.7 Å². The number of aliphatic hydroxyl groups excluding tert-OH is 1. The van der Waals surface area contributed by atoms with Crippen molar-refractivity contribution in [1.82, 2.24) is 0 Å². The molecule has 1 aromatic carbocycles. The Morgan fingerprint density at radius 1 is 1.44 bits per heavy atom. The van der Waals surface area contributed by atoms with Crippen molar-refractivity contribution in [2.75, 3.05) is 13.7 Å². The van der Waals surface area contributed by atoms with E-state index >= 15 is 0 Å². The second-order valence-electron chi connectivity index (χ2n) is 4.36. The van der Waals surface area contributed by atoms with Crippen molar-refractivity contribution < 1.29 is 9.84 Å². The lowest BCUT2D eigenvalue weighted by atomic mass is 9.94. The van der Waals surface area contributed by atoms with E-state index in [9.17, 15) is 5.11 Å². The SMILES string of the molecule is COc1ccc(C2(CO)CC2C)c(Cl)c1Cl. The number of rotatable bonds is 3. The van der Waals surface area contributed by atoms with Crippen molar-refractivity contribution in [1.29, 1.82) is 0 Å². The number of halogens is 2. The van der Waals surface area contributed by atoms with Crippen LogP contribution < -0.4 is 4.74 Å². The average molecular weight is 261 g/mol. The first-order valence-electron chi connectivity index (χ1n) is 5.20. The molecule has 2 unspecified atom stereocenters. The third kappa shape index (κ3) is 1.60. The Morgan fingerprint density at radius 3 is 2.50 bits per heavy atom. The van der Waals surface area contributed by atoms with Gasteiger partial charge in [-0.2, -0.15) is 0 Å². The van der Waals surface area contributed by atoms with Crippen LogP contribution in [0.3, 0.4) is 0 Å². The number of hydrogen-bond donors (Lipinski definition) is 1. The Balaban J connectivity index is 2.48. The topological polar surface area (TPSA) is 29.5 Å². The summed E-state index contributed by atoms with van der Waals surface area (Å²) in [7, 11) is 1.55. The molecule has 0 heterocycles. The molecule has 1 aliphatic carbocycles. The van der Waals surface area contributed by atoms with Gasteiger partial charge in [-0.25, -0.2) is 0 Å². The van der Waals surface area contributed by atoms with Gasteiger partial charge in [0.25, 0.3) is 0 Å². The van der Waals surface area contributed by atoms with Crippen LogP contribution in [0.2, 0.25) is 10.0 Å². The van der Waals surface area contributed by atoms with Gasteiger partial charge in [0.1, 0.15) is 10.8 Å². The molecule has 16 heavy (non-hydrogen) atoms. The van der Waals surface area contributed by atoms with Crippen LogP contribution >= 0.6 is 23.2 Å². The van der Waals surface area contributed by atoms with Crippen LogP contribution in [0.4, 0.5) is 0 Å². The lowest BCUT2D eigenvalue weighted by Gasteiger charge is -2.17. The molecule has 0 radical (unpaired) electrons. The number of benzene rings is 1. The smallest absolute Gasteiger partial charge is 0.138 e. The first-order chi connectivity index (χ1) is 7.56. The van der Waals surface area contributed by atoms with Gasteiger partial charge in [-0.15, -0.1) is 0 Å². The van der Waals surface area contributed by atoms with Crippen molar-refractivity contribution in [3.63, 3.8) is 0 Å². The summed E-state index contributed by atoms with van der Waals surface area (Å²) in [4.78, 5) is 0. The van der Waals surface area contributed by atoms with E-state index in [2.05, 4.69) is 6.92 Å². The summed E-state index contributed by atoms with van der Waals surface area (Å²) in [5.41, 5.74) is 0.725. The molecule has 1 aliphatic rings. The summed E-state index contributed by atoms with van der Waals surface area (Å²) in [5, 5.41) is 10.4. The Hall–Kier alpha value is -0.440. The largest absolute Gasteiger partial charge is 0.495 e. The van der Waals surface area contributed by atoms with E-state index in [1.54, 1.807) is 13.2 Å².